The topological polar surface area (TPSA) is 37.3 Å². The van der Waals surface area contributed by atoms with Crippen molar-refractivity contribution in [1.82, 2.24) is 0 Å². The first-order valence-corrected chi connectivity index (χ1v) is 10.9. The van der Waals surface area contributed by atoms with Gasteiger partial charge in [-0.25, -0.2) is 0 Å². The van der Waals surface area contributed by atoms with Gasteiger partial charge < -0.3 is 9.67 Å². The molecular formula is C20H18F9O2P. The summed E-state index contributed by atoms with van der Waals surface area (Å²) in [5, 5.41) is 9.09. The second-order valence-corrected chi connectivity index (χ2v) is 10.1. The quantitative estimate of drug-likeness (QED) is 0.365. The molecule has 12 heteroatoms. The lowest BCUT2D eigenvalue weighted by Gasteiger charge is -2.37. The van der Waals surface area contributed by atoms with Crippen LogP contribution in [0.15, 0.2) is 60.7 Å². The van der Waals surface area contributed by atoms with Gasteiger partial charge in [-0.1, -0.05) is 60.7 Å². The molecule has 1 atom stereocenters. The van der Waals surface area contributed by atoms with Crippen molar-refractivity contribution in [2.75, 3.05) is 6.61 Å². The van der Waals surface area contributed by atoms with E-state index in [0.29, 0.717) is 0 Å². The van der Waals surface area contributed by atoms with Gasteiger partial charge in [0.05, 0.1) is 0 Å². The molecule has 32 heavy (non-hydrogen) atoms. The van der Waals surface area contributed by atoms with Crippen molar-refractivity contribution in [1.29, 1.82) is 0 Å². The summed E-state index contributed by atoms with van der Waals surface area (Å²) in [6, 6.07) is 13.4. The van der Waals surface area contributed by atoms with E-state index < -0.39 is 56.2 Å². The van der Waals surface area contributed by atoms with Crippen molar-refractivity contribution in [3.63, 3.8) is 0 Å². The maximum absolute atomic E-state index is 14.4. The Morgan fingerprint density at radius 3 is 1.47 bits per heavy atom. The Bertz CT molecular complexity index is 888. The summed E-state index contributed by atoms with van der Waals surface area (Å²) in [7, 11) is -4.31. The third-order valence-corrected chi connectivity index (χ3v) is 8.56. The lowest BCUT2D eigenvalue weighted by molar-refractivity contribution is -0.396. The molecule has 2 rings (SSSR count). The number of hydrogen-bond donors (Lipinski definition) is 1. The largest absolute Gasteiger partial charge is 0.460 e. The summed E-state index contributed by atoms with van der Waals surface area (Å²) in [4.78, 5) is 0. The van der Waals surface area contributed by atoms with E-state index in [2.05, 4.69) is 0 Å². The lowest BCUT2D eigenvalue weighted by Crippen LogP contribution is -2.61. The van der Waals surface area contributed by atoms with Crippen LogP contribution in [-0.2, 0) is 4.57 Å². The molecule has 1 unspecified atom stereocenters. The minimum atomic E-state index is -7.04. The van der Waals surface area contributed by atoms with Crippen LogP contribution < -0.4 is 10.6 Å². The van der Waals surface area contributed by atoms with Crippen molar-refractivity contribution in [3.05, 3.63) is 60.7 Å². The van der Waals surface area contributed by atoms with Gasteiger partial charge in [0.2, 0.25) is 0 Å². The molecule has 0 saturated carbocycles. The second-order valence-electron chi connectivity index (χ2n) is 7.05. The minimum absolute atomic E-state index is 0.105. The molecule has 0 heterocycles. The maximum Gasteiger partial charge on any atom is 0.460 e. The zero-order valence-corrected chi connectivity index (χ0v) is 17.1. The number of rotatable bonds is 9. The van der Waals surface area contributed by atoms with Gasteiger partial charge in [0.15, 0.2) is 0 Å². The van der Waals surface area contributed by atoms with Crippen LogP contribution in [0.25, 0.3) is 0 Å². The third-order valence-electron chi connectivity index (χ3n) is 4.96. The first-order valence-electron chi connectivity index (χ1n) is 9.15. The van der Waals surface area contributed by atoms with E-state index in [9.17, 15) is 49.2 Å². The summed E-state index contributed by atoms with van der Waals surface area (Å²) in [5.74, 6) is -19.8. The molecular weight excluding hydrogens is 474 g/mol. The van der Waals surface area contributed by atoms with Crippen molar-refractivity contribution in [2.24, 2.45) is 0 Å². The van der Waals surface area contributed by atoms with E-state index in [0.717, 1.165) is 0 Å². The highest BCUT2D eigenvalue weighted by atomic mass is 31.2. The summed E-state index contributed by atoms with van der Waals surface area (Å²) in [6.45, 7) is -0.953. The summed E-state index contributed by atoms with van der Waals surface area (Å²) in [6.07, 6.45) is -10.0. The fourth-order valence-corrected chi connectivity index (χ4v) is 6.60. The van der Waals surface area contributed by atoms with Crippen LogP contribution in [0, 0.1) is 0 Å². The first kappa shape index (κ1) is 26.3. The molecule has 0 amide bonds. The van der Waals surface area contributed by atoms with Crippen LogP contribution in [0.3, 0.4) is 0 Å². The van der Waals surface area contributed by atoms with Gasteiger partial charge in [-0.15, -0.1) is 0 Å². The maximum atomic E-state index is 14.4. The molecule has 0 fully saturated rings. The number of halogens is 9. The Morgan fingerprint density at radius 2 is 1.12 bits per heavy atom. The average Bonchev–Trinajstić information content (AvgIpc) is 2.73. The van der Waals surface area contributed by atoms with Crippen LogP contribution in [0.5, 0.6) is 0 Å². The van der Waals surface area contributed by atoms with Crippen LogP contribution in [0.1, 0.15) is 12.8 Å². The molecule has 0 aromatic heterocycles. The number of aliphatic hydroxyl groups excluding tert-OH is 1. The second kappa shape index (κ2) is 9.09. The van der Waals surface area contributed by atoms with Crippen LogP contribution in [0.2, 0.25) is 0 Å². The van der Waals surface area contributed by atoms with Crippen LogP contribution >= 0.6 is 7.14 Å². The van der Waals surface area contributed by atoms with Crippen LogP contribution in [0.4, 0.5) is 39.5 Å². The highest BCUT2D eigenvalue weighted by Gasteiger charge is 2.81. The van der Waals surface area contributed by atoms with Crippen LogP contribution in [-0.4, -0.2) is 41.3 Å². The standard InChI is InChI=1S/C20H18F9O2P/c21-17(22,18(23,24)19(25,26)20(27,28)29)13-16(11-12-30)32(31,14-7-3-1-4-8-14)15-9-5-2-6-10-15/h1-10,16,30H,11-13H2. The van der Waals surface area contributed by atoms with Gasteiger partial charge in [0.25, 0.3) is 0 Å². The number of aliphatic hydroxyl groups is 1. The van der Waals surface area contributed by atoms with E-state index in [4.69, 9.17) is 0 Å². The molecule has 2 aromatic rings. The van der Waals surface area contributed by atoms with Gasteiger partial charge in [0, 0.05) is 29.3 Å². The molecule has 2 nitrogen and oxygen atoms in total. The Kier molecular flexibility index (Phi) is 7.46. The average molecular weight is 492 g/mol. The molecule has 0 saturated heterocycles. The Labute approximate surface area is 177 Å². The highest BCUT2D eigenvalue weighted by molar-refractivity contribution is 7.79. The zero-order chi connectivity index (χ0) is 24.4. The van der Waals surface area contributed by atoms with Gasteiger partial charge in [-0.2, -0.15) is 39.5 Å². The molecule has 0 bridgehead atoms. The van der Waals surface area contributed by atoms with Gasteiger partial charge >= 0.3 is 23.9 Å². The van der Waals surface area contributed by atoms with Gasteiger partial charge in [-0.05, 0) is 6.42 Å². The predicted octanol–water partition coefficient (Wildman–Crippen LogP) is 5.61. The third kappa shape index (κ3) is 4.55. The van der Waals surface area contributed by atoms with Gasteiger partial charge in [-0.3, -0.25) is 0 Å². The smallest absolute Gasteiger partial charge is 0.396 e. The van der Waals surface area contributed by atoms with E-state index in [1.165, 1.54) is 60.7 Å². The molecule has 0 aliphatic carbocycles. The molecule has 0 aliphatic heterocycles. The zero-order valence-electron chi connectivity index (χ0n) is 16.2. The van der Waals surface area contributed by atoms with E-state index >= 15 is 0 Å². The molecule has 0 radical (unpaired) electrons. The SMILES string of the molecule is O=P(c1ccccc1)(c1ccccc1)C(CCO)CC(F)(F)C(F)(F)C(F)(F)C(F)(F)F. The van der Waals surface area contributed by atoms with Crippen molar-refractivity contribution < 1.29 is 49.2 Å². The first-order chi connectivity index (χ1) is 14.6. The van der Waals surface area contributed by atoms with Crippen molar-refractivity contribution in [3.8, 4) is 0 Å². The number of alkyl halides is 9. The fraction of sp³-hybridized carbons (Fsp3) is 0.400. The van der Waals surface area contributed by atoms with E-state index in [-0.39, 0.29) is 10.6 Å². The molecule has 0 aliphatic rings. The molecule has 178 valence electrons. The summed E-state index contributed by atoms with van der Waals surface area (Å²) < 4.78 is 135. The summed E-state index contributed by atoms with van der Waals surface area (Å²) >= 11 is 0. The Balaban J connectivity index is 2.63. The Morgan fingerprint density at radius 1 is 0.719 bits per heavy atom. The minimum Gasteiger partial charge on any atom is -0.396 e. The number of benzene rings is 2. The normalized spacial score (nSPS) is 14.9. The lowest BCUT2D eigenvalue weighted by atomic mass is 9.98. The molecule has 2 aromatic carbocycles. The van der Waals surface area contributed by atoms with Gasteiger partial charge in [0.1, 0.15) is 7.14 Å². The predicted molar refractivity (Wildman–Crippen MR) is 101 cm³/mol. The number of hydrogen-bond acceptors (Lipinski definition) is 2. The fourth-order valence-electron chi connectivity index (χ4n) is 3.26. The monoisotopic (exact) mass is 492 g/mol. The summed E-state index contributed by atoms with van der Waals surface area (Å²) in [5.41, 5.74) is -2.07. The Hall–Kier alpha value is -2.00. The van der Waals surface area contributed by atoms with Crippen molar-refractivity contribution >= 4 is 17.8 Å². The highest BCUT2D eigenvalue weighted by Crippen LogP contribution is 2.59. The molecule has 0 spiro atoms. The molecule has 1 N–H and O–H groups in total. The van der Waals surface area contributed by atoms with E-state index in [1.54, 1.807) is 0 Å². The van der Waals surface area contributed by atoms with Crippen molar-refractivity contribution in [2.45, 2.75) is 42.4 Å². The van der Waals surface area contributed by atoms with E-state index in [1.807, 2.05) is 0 Å².